The lowest BCUT2D eigenvalue weighted by Crippen LogP contribution is -2.43. The molecule has 0 unspecified atom stereocenters. The van der Waals surface area contributed by atoms with Crippen molar-refractivity contribution in [3.63, 3.8) is 0 Å². The van der Waals surface area contributed by atoms with Gasteiger partial charge in [0.25, 0.3) is 0 Å². The highest BCUT2D eigenvalue weighted by Crippen LogP contribution is 2.45. The molecule has 0 radical (unpaired) electrons. The summed E-state index contributed by atoms with van der Waals surface area (Å²) in [6.07, 6.45) is 4.30. The van der Waals surface area contributed by atoms with E-state index in [2.05, 4.69) is 35.0 Å². The topological polar surface area (TPSA) is 35.2 Å². The third-order valence-corrected chi connectivity index (χ3v) is 3.96. The molecule has 0 spiro atoms. The summed E-state index contributed by atoms with van der Waals surface area (Å²) < 4.78 is 6.64. The molecule has 0 amide bonds. The van der Waals surface area contributed by atoms with E-state index in [0.717, 1.165) is 35.0 Å². The highest BCUT2D eigenvalue weighted by Gasteiger charge is 2.37. The van der Waals surface area contributed by atoms with Crippen LogP contribution in [0, 0.1) is 0 Å². The van der Waals surface area contributed by atoms with Crippen molar-refractivity contribution < 1.29 is 4.74 Å². The second-order valence-corrected chi connectivity index (χ2v) is 5.42. The number of aryl methyl sites for hydroxylation is 1. The van der Waals surface area contributed by atoms with Crippen LogP contribution in [0.3, 0.4) is 0 Å². The molecular weight excluding hydrogens is 266 g/mol. The van der Waals surface area contributed by atoms with Crippen molar-refractivity contribution in [1.29, 1.82) is 0 Å². The number of methoxy groups -OCH3 is 1. The van der Waals surface area contributed by atoms with Crippen LogP contribution in [0.1, 0.15) is 37.3 Å². The normalized spacial score (nSPS) is 18.0. The zero-order valence-electron chi connectivity index (χ0n) is 9.85. The summed E-state index contributed by atoms with van der Waals surface area (Å²) >= 11 is 3.55. The molecule has 2 rings (SSSR count). The van der Waals surface area contributed by atoms with Gasteiger partial charge in [0.15, 0.2) is 0 Å². The maximum Gasteiger partial charge on any atom is 0.127 e. The smallest absolute Gasteiger partial charge is 0.127 e. The lowest BCUT2D eigenvalue weighted by Gasteiger charge is -2.40. The van der Waals surface area contributed by atoms with E-state index in [1.54, 1.807) is 7.11 Å². The Morgan fingerprint density at radius 1 is 1.44 bits per heavy atom. The SMILES string of the molecule is CCc1cc(Br)cc(C2(N)CCC2)c1OC. The predicted molar refractivity (Wildman–Crippen MR) is 69.8 cm³/mol. The molecule has 0 saturated heterocycles. The van der Waals surface area contributed by atoms with Crippen LogP contribution in [0.25, 0.3) is 0 Å². The van der Waals surface area contributed by atoms with Gasteiger partial charge in [-0.15, -0.1) is 0 Å². The Kier molecular flexibility index (Phi) is 3.27. The van der Waals surface area contributed by atoms with Crippen molar-refractivity contribution >= 4 is 15.9 Å². The Labute approximate surface area is 105 Å². The first kappa shape index (κ1) is 11.9. The van der Waals surface area contributed by atoms with Gasteiger partial charge in [-0.05, 0) is 43.4 Å². The molecule has 1 fully saturated rings. The zero-order valence-corrected chi connectivity index (χ0v) is 11.4. The fraction of sp³-hybridized carbons (Fsp3) is 0.538. The molecule has 0 aliphatic heterocycles. The Morgan fingerprint density at radius 3 is 2.56 bits per heavy atom. The van der Waals surface area contributed by atoms with E-state index in [9.17, 15) is 0 Å². The molecule has 1 saturated carbocycles. The van der Waals surface area contributed by atoms with Crippen molar-refractivity contribution in [2.45, 2.75) is 38.1 Å². The van der Waals surface area contributed by atoms with Gasteiger partial charge in [-0.2, -0.15) is 0 Å². The first-order chi connectivity index (χ1) is 7.60. The Morgan fingerprint density at radius 2 is 2.12 bits per heavy atom. The van der Waals surface area contributed by atoms with E-state index in [-0.39, 0.29) is 5.54 Å². The molecule has 0 atom stereocenters. The average Bonchev–Trinajstić information content (AvgIpc) is 2.24. The van der Waals surface area contributed by atoms with Crippen LogP contribution in [-0.2, 0) is 12.0 Å². The Bertz CT molecular complexity index is 399. The molecule has 0 heterocycles. The quantitative estimate of drug-likeness (QED) is 0.923. The van der Waals surface area contributed by atoms with Gasteiger partial charge in [0.1, 0.15) is 5.75 Å². The van der Waals surface area contributed by atoms with Gasteiger partial charge in [0.2, 0.25) is 0 Å². The number of nitrogens with two attached hydrogens (primary N) is 1. The van der Waals surface area contributed by atoms with Gasteiger partial charge < -0.3 is 10.5 Å². The summed E-state index contributed by atoms with van der Waals surface area (Å²) in [6.45, 7) is 2.14. The van der Waals surface area contributed by atoms with Gasteiger partial charge >= 0.3 is 0 Å². The first-order valence-corrected chi connectivity index (χ1v) is 6.56. The molecule has 2 nitrogen and oxygen atoms in total. The van der Waals surface area contributed by atoms with E-state index in [1.807, 2.05) is 0 Å². The zero-order chi connectivity index (χ0) is 11.8. The minimum Gasteiger partial charge on any atom is -0.496 e. The Hall–Kier alpha value is -0.540. The lowest BCUT2D eigenvalue weighted by atomic mass is 9.72. The van der Waals surface area contributed by atoms with E-state index in [1.165, 1.54) is 12.0 Å². The van der Waals surface area contributed by atoms with Gasteiger partial charge in [0.05, 0.1) is 7.11 Å². The van der Waals surface area contributed by atoms with Crippen LogP contribution in [0.15, 0.2) is 16.6 Å². The van der Waals surface area contributed by atoms with Crippen LogP contribution < -0.4 is 10.5 Å². The summed E-state index contributed by atoms with van der Waals surface area (Å²) in [5.74, 6) is 0.980. The number of hydrogen-bond donors (Lipinski definition) is 1. The van der Waals surface area contributed by atoms with Crippen molar-refractivity contribution in [3.05, 3.63) is 27.7 Å². The summed E-state index contributed by atoms with van der Waals surface area (Å²) in [4.78, 5) is 0. The first-order valence-electron chi connectivity index (χ1n) is 5.76. The van der Waals surface area contributed by atoms with Crippen LogP contribution >= 0.6 is 15.9 Å². The fourth-order valence-corrected chi connectivity index (χ4v) is 2.86. The maximum absolute atomic E-state index is 6.39. The molecule has 88 valence electrons. The molecule has 16 heavy (non-hydrogen) atoms. The second kappa shape index (κ2) is 4.38. The predicted octanol–water partition coefficient (Wildman–Crippen LogP) is 3.36. The molecule has 1 aromatic carbocycles. The van der Waals surface area contributed by atoms with Gasteiger partial charge in [-0.1, -0.05) is 22.9 Å². The lowest BCUT2D eigenvalue weighted by molar-refractivity contribution is 0.243. The molecule has 1 aromatic rings. The summed E-state index contributed by atoms with van der Waals surface area (Å²) in [5.41, 5.74) is 8.61. The van der Waals surface area contributed by atoms with Crippen LogP contribution in [0.2, 0.25) is 0 Å². The number of ether oxygens (including phenoxy) is 1. The van der Waals surface area contributed by atoms with E-state index < -0.39 is 0 Å². The molecule has 1 aliphatic carbocycles. The number of benzene rings is 1. The van der Waals surface area contributed by atoms with Crippen LogP contribution in [0.4, 0.5) is 0 Å². The average molecular weight is 284 g/mol. The Balaban J connectivity index is 2.53. The minimum absolute atomic E-state index is 0.168. The van der Waals surface area contributed by atoms with Crippen molar-refractivity contribution in [1.82, 2.24) is 0 Å². The maximum atomic E-state index is 6.39. The standard InChI is InChI=1S/C13H18BrNO/c1-3-9-7-10(14)8-11(12(9)16-2)13(15)5-4-6-13/h7-8H,3-6,15H2,1-2H3. The van der Waals surface area contributed by atoms with Gasteiger partial charge in [-0.3, -0.25) is 0 Å². The molecular formula is C13H18BrNO. The molecule has 0 aromatic heterocycles. The monoisotopic (exact) mass is 283 g/mol. The number of halogens is 1. The minimum atomic E-state index is -0.168. The van der Waals surface area contributed by atoms with Crippen LogP contribution in [0.5, 0.6) is 5.75 Å². The van der Waals surface area contributed by atoms with Crippen LogP contribution in [-0.4, -0.2) is 7.11 Å². The molecule has 0 bridgehead atoms. The molecule has 2 N–H and O–H groups in total. The number of rotatable bonds is 3. The van der Waals surface area contributed by atoms with Gasteiger partial charge in [0, 0.05) is 15.6 Å². The molecule has 1 aliphatic rings. The summed E-state index contributed by atoms with van der Waals surface area (Å²) in [5, 5.41) is 0. The fourth-order valence-electron chi connectivity index (χ4n) is 2.35. The van der Waals surface area contributed by atoms with E-state index in [4.69, 9.17) is 10.5 Å². The van der Waals surface area contributed by atoms with Crippen molar-refractivity contribution in [3.8, 4) is 5.75 Å². The third kappa shape index (κ3) is 1.87. The largest absolute Gasteiger partial charge is 0.496 e. The van der Waals surface area contributed by atoms with Crippen molar-refractivity contribution in [2.24, 2.45) is 5.73 Å². The highest BCUT2D eigenvalue weighted by molar-refractivity contribution is 9.10. The van der Waals surface area contributed by atoms with E-state index in [0.29, 0.717) is 0 Å². The van der Waals surface area contributed by atoms with Gasteiger partial charge in [-0.25, -0.2) is 0 Å². The number of hydrogen-bond acceptors (Lipinski definition) is 2. The summed E-state index contributed by atoms with van der Waals surface area (Å²) in [7, 11) is 1.73. The van der Waals surface area contributed by atoms with Crippen molar-refractivity contribution in [2.75, 3.05) is 7.11 Å². The summed E-state index contributed by atoms with van der Waals surface area (Å²) in [6, 6.07) is 4.22. The second-order valence-electron chi connectivity index (χ2n) is 4.51. The molecule has 3 heteroatoms. The van der Waals surface area contributed by atoms with E-state index >= 15 is 0 Å². The highest BCUT2D eigenvalue weighted by atomic mass is 79.9. The third-order valence-electron chi connectivity index (χ3n) is 3.50.